The van der Waals surface area contributed by atoms with E-state index in [4.69, 9.17) is 5.73 Å². The second-order valence-electron chi connectivity index (χ2n) is 4.82. The molecule has 0 saturated heterocycles. The van der Waals surface area contributed by atoms with Crippen LogP contribution in [0.4, 0.5) is 10.3 Å². The zero-order valence-electron chi connectivity index (χ0n) is 10.4. The van der Waals surface area contributed by atoms with Gasteiger partial charge in [-0.25, -0.2) is 9.37 Å². The van der Waals surface area contributed by atoms with E-state index in [1.165, 1.54) is 12.1 Å². The van der Waals surface area contributed by atoms with Gasteiger partial charge in [0.1, 0.15) is 5.82 Å². The van der Waals surface area contributed by atoms with Gasteiger partial charge in [0.2, 0.25) is 11.9 Å². The number of nitrogens with zero attached hydrogens (tertiary/aromatic N) is 2. The number of hydrogen-bond donors (Lipinski definition) is 2. The lowest BCUT2D eigenvalue weighted by Gasteiger charge is -2.07. The number of benzene rings is 1. The van der Waals surface area contributed by atoms with Crippen LogP contribution in [-0.4, -0.2) is 22.0 Å². The fraction of sp³-hybridized carbons (Fsp3) is 0.385. The van der Waals surface area contributed by atoms with Crippen LogP contribution in [0.25, 0.3) is 11.0 Å². The van der Waals surface area contributed by atoms with Crippen LogP contribution in [0, 0.1) is 11.7 Å². The van der Waals surface area contributed by atoms with E-state index in [0.29, 0.717) is 30.1 Å². The molecule has 0 unspecified atom stereocenters. The maximum Gasteiger partial charge on any atom is 0.223 e. The van der Waals surface area contributed by atoms with Gasteiger partial charge < -0.3 is 15.6 Å². The van der Waals surface area contributed by atoms with Crippen molar-refractivity contribution in [2.75, 3.05) is 12.3 Å². The number of nitrogens with one attached hydrogen (secondary N) is 1. The van der Waals surface area contributed by atoms with Crippen molar-refractivity contribution in [2.45, 2.75) is 19.4 Å². The molecule has 2 aromatic rings. The van der Waals surface area contributed by atoms with Gasteiger partial charge in [-0.2, -0.15) is 0 Å². The summed E-state index contributed by atoms with van der Waals surface area (Å²) in [4.78, 5) is 15.7. The monoisotopic (exact) mass is 262 g/mol. The van der Waals surface area contributed by atoms with Crippen LogP contribution in [0.2, 0.25) is 0 Å². The minimum Gasteiger partial charge on any atom is -0.369 e. The molecule has 1 aliphatic carbocycles. The number of nitrogen functional groups attached to an aromatic ring is 1. The Morgan fingerprint density at radius 1 is 1.53 bits per heavy atom. The van der Waals surface area contributed by atoms with Gasteiger partial charge in [-0.1, -0.05) is 0 Å². The lowest BCUT2D eigenvalue weighted by molar-refractivity contribution is -0.122. The van der Waals surface area contributed by atoms with Gasteiger partial charge in [0.25, 0.3) is 0 Å². The Kier molecular flexibility index (Phi) is 2.85. The van der Waals surface area contributed by atoms with E-state index in [1.807, 2.05) is 0 Å². The molecule has 1 heterocycles. The molecule has 1 saturated carbocycles. The van der Waals surface area contributed by atoms with Crippen LogP contribution in [0.1, 0.15) is 12.8 Å². The van der Waals surface area contributed by atoms with Crippen LogP contribution >= 0.6 is 0 Å². The summed E-state index contributed by atoms with van der Waals surface area (Å²) >= 11 is 0. The molecule has 3 N–H and O–H groups in total. The zero-order chi connectivity index (χ0) is 13.4. The van der Waals surface area contributed by atoms with Crippen LogP contribution in [0.5, 0.6) is 0 Å². The number of anilines is 1. The fourth-order valence-corrected chi connectivity index (χ4v) is 2.13. The number of nitrogens with two attached hydrogens (primary N) is 1. The highest BCUT2D eigenvalue weighted by molar-refractivity contribution is 5.81. The Bertz CT molecular complexity index is 633. The maximum atomic E-state index is 13.2. The molecule has 0 bridgehead atoms. The van der Waals surface area contributed by atoms with Gasteiger partial charge in [0.05, 0.1) is 11.0 Å². The molecule has 6 heteroatoms. The first kappa shape index (κ1) is 12.0. The Morgan fingerprint density at radius 2 is 2.32 bits per heavy atom. The average molecular weight is 262 g/mol. The van der Waals surface area contributed by atoms with E-state index >= 15 is 0 Å². The van der Waals surface area contributed by atoms with E-state index in [9.17, 15) is 9.18 Å². The van der Waals surface area contributed by atoms with E-state index in [0.717, 1.165) is 12.8 Å². The molecule has 5 nitrogen and oxygen atoms in total. The van der Waals surface area contributed by atoms with Gasteiger partial charge >= 0.3 is 0 Å². The van der Waals surface area contributed by atoms with Crippen molar-refractivity contribution >= 4 is 22.9 Å². The minimum atomic E-state index is -0.323. The molecule has 0 spiro atoms. The number of imidazole rings is 1. The molecule has 1 fully saturated rings. The quantitative estimate of drug-likeness (QED) is 0.871. The smallest absolute Gasteiger partial charge is 0.223 e. The second kappa shape index (κ2) is 4.53. The molecule has 0 atom stereocenters. The maximum absolute atomic E-state index is 13.2. The predicted octanol–water partition coefficient (Wildman–Crippen LogP) is 1.28. The van der Waals surface area contributed by atoms with Crippen molar-refractivity contribution in [2.24, 2.45) is 5.92 Å². The number of carbonyl (C=O) groups excluding carboxylic acids is 1. The summed E-state index contributed by atoms with van der Waals surface area (Å²) in [6.07, 6.45) is 1.96. The largest absolute Gasteiger partial charge is 0.369 e. The first-order valence-corrected chi connectivity index (χ1v) is 6.34. The Morgan fingerprint density at radius 3 is 3.05 bits per heavy atom. The predicted molar refractivity (Wildman–Crippen MR) is 69.8 cm³/mol. The zero-order valence-corrected chi connectivity index (χ0v) is 10.4. The summed E-state index contributed by atoms with van der Waals surface area (Å²) in [5.74, 6) is 0.292. The minimum absolute atomic E-state index is 0.0918. The van der Waals surface area contributed by atoms with Crippen LogP contribution in [0.15, 0.2) is 18.2 Å². The number of carbonyl (C=O) groups is 1. The highest BCUT2D eigenvalue weighted by Crippen LogP contribution is 2.28. The summed E-state index contributed by atoms with van der Waals surface area (Å²) < 4.78 is 15.0. The molecule has 1 aromatic carbocycles. The van der Waals surface area contributed by atoms with Crippen LogP contribution in [-0.2, 0) is 11.3 Å². The molecule has 1 aromatic heterocycles. The third kappa shape index (κ3) is 2.38. The van der Waals surface area contributed by atoms with Gasteiger partial charge in [0.15, 0.2) is 0 Å². The van der Waals surface area contributed by atoms with E-state index in [-0.39, 0.29) is 17.6 Å². The third-order valence-electron chi connectivity index (χ3n) is 3.32. The molecular formula is C13H15FN4O. The molecule has 100 valence electrons. The van der Waals surface area contributed by atoms with Gasteiger partial charge in [-0.05, 0) is 31.0 Å². The molecule has 0 aliphatic heterocycles. The number of rotatable bonds is 4. The van der Waals surface area contributed by atoms with Gasteiger partial charge in [0, 0.05) is 19.0 Å². The molecular weight excluding hydrogens is 247 g/mol. The molecule has 0 radical (unpaired) electrons. The highest BCUT2D eigenvalue weighted by Gasteiger charge is 2.29. The van der Waals surface area contributed by atoms with E-state index in [1.54, 1.807) is 10.6 Å². The van der Waals surface area contributed by atoms with Crippen molar-refractivity contribution in [1.29, 1.82) is 0 Å². The highest BCUT2D eigenvalue weighted by atomic mass is 19.1. The Labute approximate surface area is 109 Å². The number of amides is 1. The van der Waals surface area contributed by atoms with Crippen molar-refractivity contribution in [3.05, 3.63) is 24.0 Å². The molecule has 3 rings (SSSR count). The SMILES string of the molecule is Nc1nc2ccc(F)cc2n1CCNC(=O)C1CC1. The first-order chi connectivity index (χ1) is 9.15. The van der Waals surface area contributed by atoms with Crippen LogP contribution in [0.3, 0.4) is 0 Å². The van der Waals surface area contributed by atoms with Crippen LogP contribution < -0.4 is 11.1 Å². The standard InChI is InChI=1S/C13H15FN4O/c14-9-3-4-10-11(7-9)18(13(15)17-10)6-5-16-12(19)8-1-2-8/h3-4,7-8H,1-2,5-6H2,(H2,15,17)(H,16,19). The van der Waals surface area contributed by atoms with Crippen molar-refractivity contribution in [3.63, 3.8) is 0 Å². The first-order valence-electron chi connectivity index (χ1n) is 6.34. The number of halogens is 1. The average Bonchev–Trinajstić information content (AvgIpc) is 3.17. The van der Waals surface area contributed by atoms with E-state index < -0.39 is 0 Å². The van der Waals surface area contributed by atoms with Gasteiger partial charge in [-0.15, -0.1) is 0 Å². The summed E-state index contributed by atoms with van der Waals surface area (Å²) in [6, 6.07) is 4.36. The lowest BCUT2D eigenvalue weighted by atomic mass is 10.3. The van der Waals surface area contributed by atoms with Crippen molar-refractivity contribution < 1.29 is 9.18 Å². The van der Waals surface area contributed by atoms with Gasteiger partial charge in [-0.3, -0.25) is 4.79 Å². The van der Waals surface area contributed by atoms with Crippen molar-refractivity contribution in [3.8, 4) is 0 Å². The second-order valence-corrected chi connectivity index (χ2v) is 4.82. The molecule has 1 aliphatic rings. The fourth-order valence-electron chi connectivity index (χ4n) is 2.13. The number of aromatic nitrogens is 2. The normalized spacial score (nSPS) is 14.8. The van der Waals surface area contributed by atoms with E-state index in [2.05, 4.69) is 10.3 Å². The lowest BCUT2D eigenvalue weighted by Crippen LogP contribution is -2.28. The number of fused-ring (bicyclic) bond motifs is 1. The summed E-state index contributed by atoms with van der Waals surface area (Å²) in [7, 11) is 0. The number of hydrogen-bond acceptors (Lipinski definition) is 3. The Balaban J connectivity index is 1.74. The topological polar surface area (TPSA) is 72.9 Å². The molecule has 19 heavy (non-hydrogen) atoms. The summed E-state index contributed by atoms with van der Waals surface area (Å²) in [6.45, 7) is 0.964. The third-order valence-corrected chi connectivity index (χ3v) is 3.32. The Hall–Kier alpha value is -2.11. The molecule has 1 amide bonds. The summed E-state index contributed by atoms with van der Waals surface area (Å²) in [5, 5.41) is 2.85. The van der Waals surface area contributed by atoms with Crippen molar-refractivity contribution in [1.82, 2.24) is 14.9 Å². The summed E-state index contributed by atoms with van der Waals surface area (Å²) in [5.41, 5.74) is 7.12.